The first-order valence-corrected chi connectivity index (χ1v) is 11.2. The lowest BCUT2D eigenvalue weighted by atomic mass is 10.00. The van der Waals surface area contributed by atoms with Gasteiger partial charge in [-0.2, -0.15) is 0 Å². The summed E-state index contributed by atoms with van der Waals surface area (Å²) in [5.74, 6) is -1.28. The average Bonchev–Trinajstić information content (AvgIpc) is 3.17. The molecule has 0 aliphatic carbocycles. The number of benzene rings is 2. The van der Waals surface area contributed by atoms with E-state index in [1.54, 1.807) is 27.7 Å². The van der Waals surface area contributed by atoms with E-state index in [9.17, 15) is 14.7 Å². The fourth-order valence-corrected chi connectivity index (χ4v) is 3.45. The molecule has 1 heterocycles. The molecule has 1 aromatic heterocycles. The standard InChI is InChI=1S/C25H28ClN3O5/c1-15(24(32)33-25(2,3)4)27-20(23(31)28-22-14-21(30)29-34-22)12-16-8-10-17(11-9-16)18-6-5-7-19(26)13-18/h5-11,13-15,20,27H,12H2,1-4H3,(H,28,31)(H,29,30)/t15?,20-/m1/s1. The molecule has 0 spiro atoms. The third kappa shape index (κ3) is 7.33. The van der Waals surface area contributed by atoms with Gasteiger partial charge in [-0.1, -0.05) is 48.0 Å². The second-order valence-electron chi connectivity index (χ2n) is 8.92. The molecular formula is C25H28ClN3O5. The summed E-state index contributed by atoms with van der Waals surface area (Å²) in [6.45, 7) is 6.97. The second kappa shape index (κ2) is 10.7. The fraction of sp³-hybridized carbons (Fsp3) is 0.320. The number of nitrogens with one attached hydrogen (secondary N) is 2. The topological polar surface area (TPSA) is 114 Å². The van der Waals surface area contributed by atoms with Gasteiger partial charge in [-0.05, 0) is 68.1 Å². The number of hydrogen-bond donors (Lipinski definition) is 3. The minimum absolute atomic E-state index is 0.00414. The highest BCUT2D eigenvalue weighted by Crippen LogP contribution is 2.23. The molecule has 3 N–H and O–H groups in total. The van der Waals surface area contributed by atoms with Crippen molar-refractivity contribution in [2.24, 2.45) is 0 Å². The molecule has 0 aliphatic heterocycles. The summed E-state index contributed by atoms with van der Waals surface area (Å²) in [5, 5.41) is 19.0. The minimum atomic E-state index is -0.799. The second-order valence-corrected chi connectivity index (χ2v) is 9.36. The van der Waals surface area contributed by atoms with Crippen molar-refractivity contribution in [2.75, 3.05) is 5.32 Å². The Hall–Kier alpha value is -3.36. The quantitative estimate of drug-likeness (QED) is 0.400. The smallest absolute Gasteiger partial charge is 0.323 e. The van der Waals surface area contributed by atoms with Crippen LogP contribution in [0.2, 0.25) is 5.02 Å². The van der Waals surface area contributed by atoms with E-state index in [1.807, 2.05) is 48.5 Å². The number of ether oxygens (including phenoxy) is 1. The first-order chi connectivity index (χ1) is 16.0. The molecule has 2 atom stereocenters. The van der Waals surface area contributed by atoms with Crippen LogP contribution < -0.4 is 10.6 Å². The van der Waals surface area contributed by atoms with Gasteiger partial charge >= 0.3 is 5.97 Å². The van der Waals surface area contributed by atoms with Crippen LogP contribution in [0.5, 0.6) is 5.88 Å². The summed E-state index contributed by atoms with van der Waals surface area (Å²) in [5.41, 5.74) is 2.18. The van der Waals surface area contributed by atoms with Crippen LogP contribution >= 0.6 is 11.6 Å². The number of rotatable bonds is 8. The number of hydrogen-bond acceptors (Lipinski definition) is 7. The van der Waals surface area contributed by atoms with Crippen LogP contribution in [0.15, 0.2) is 59.1 Å². The van der Waals surface area contributed by atoms with Gasteiger partial charge in [0.15, 0.2) is 0 Å². The zero-order valence-electron chi connectivity index (χ0n) is 19.5. The Morgan fingerprint density at radius 1 is 1.12 bits per heavy atom. The predicted molar refractivity (Wildman–Crippen MR) is 130 cm³/mol. The van der Waals surface area contributed by atoms with Gasteiger partial charge in [0.05, 0.1) is 12.1 Å². The van der Waals surface area contributed by atoms with E-state index in [1.165, 1.54) is 6.07 Å². The minimum Gasteiger partial charge on any atom is -0.491 e. The Bertz CT molecular complexity index is 1140. The number of halogens is 1. The molecule has 0 radical (unpaired) electrons. The molecule has 34 heavy (non-hydrogen) atoms. The highest BCUT2D eigenvalue weighted by Gasteiger charge is 2.28. The van der Waals surface area contributed by atoms with E-state index in [2.05, 4.69) is 15.8 Å². The van der Waals surface area contributed by atoms with Gasteiger partial charge in [0, 0.05) is 5.02 Å². The molecule has 9 heteroatoms. The fourth-order valence-electron chi connectivity index (χ4n) is 3.26. The third-order valence-corrected chi connectivity index (χ3v) is 5.06. The molecule has 8 nitrogen and oxygen atoms in total. The maximum atomic E-state index is 13.0. The van der Waals surface area contributed by atoms with Crippen molar-refractivity contribution < 1.29 is 24.0 Å². The zero-order valence-corrected chi connectivity index (χ0v) is 20.2. The van der Waals surface area contributed by atoms with Crippen molar-refractivity contribution in [3.63, 3.8) is 0 Å². The number of carbonyl (C=O) groups is 2. The lowest BCUT2D eigenvalue weighted by Crippen LogP contribution is -2.50. The van der Waals surface area contributed by atoms with Gasteiger partial charge in [-0.25, -0.2) is 0 Å². The van der Waals surface area contributed by atoms with Gasteiger partial charge in [-0.15, -0.1) is 0 Å². The monoisotopic (exact) mass is 485 g/mol. The summed E-state index contributed by atoms with van der Waals surface area (Å²) in [7, 11) is 0. The highest BCUT2D eigenvalue weighted by atomic mass is 35.5. The van der Waals surface area contributed by atoms with E-state index >= 15 is 0 Å². The molecule has 0 bridgehead atoms. The highest BCUT2D eigenvalue weighted by molar-refractivity contribution is 6.30. The molecular weight excluding hydrogens is 458 g/mol. The number of esters is 1. The number of carbonyl (C=O) groups excluding carboxylic acids is 2. The molecule has 1 unspecified atom stereocenters. The Morgan fingerprint density at radius 2 is 1.82 bits per heavy atom. The molecule has 0 saturated heterocycles. The van der Waals surface area contributed by atoms with Crippen LogP contribution in [0.3, 0.4) is 0 Å². The van der Waals surface area contributed by atoms with Gasteiger partial charge in [0.1, 0.15) is 11.6 Å². The summed E-state index contributed by atoms with van der Waals surface area (Å²) < 4.78 is 10.3. The van der Waals surface area contributed by atoms with Gasteiger partial charge < -0.3 is 14.4 Å². The molecule has 0 aliphatic rings. The molecule has 1 amide bonds. The number of nitrogens with zero attached hydrogens (tertiary/aromatic N) is 1. The van der Waals surface area contributed by atoms with Gasteiger partial charge in [0.25, 0.3) is 5.88 Å². The number of aromatic hydroxyl groups is 1. The first-order valence-electron chi connectivity index (χ1n) is 10.8. The largest absolute Gasteiger partial charge is 0.491 e. The van der Waals surface area contributed by atoms with Crippen molar-refractivity contribution in [3.8, 4) is 17.0 Å². The molecule has 3 rings (SSSR count). The molecule has 0 fully saturated rings. The molecule has 3 aromatic rings. The van der Waals surface area contributed by atoms with Crippen molar-refractivity contribution >= 4 is 29.4 Å². The van der Waals surface area contributed by atoms with Crippen LogP contribution in [0.1, 0.15) is 33.3 Å². The van der Waals surface area contributed by atoms with Crippen molar-refractivity contribution in [2.45, 2.75) is 51.8 Å². The van der Waals surface area contributed by atoms with Crippen LogP contribution in [0.25, 0.3) is 11.1 Å². The van der Waals surface area contributed by atoms with E-state index < -0.39 is 29.6 Å². The summed E-state index contributed by atoms with van der Waals surface area (Å²) in [4.78, 5) is 25.5. The Balaban J connectivity index is 1.76. The summed E-state index contributed by atoms with van der Waals surface area (Å²) in [6.07, 6.45) is 0.287. The zero-order chi connectivity index (χ0) is 24.9. The maximum absolute atomic E-state index is 13.0. The molecule has 180 valence electrons. The van der Waals surface area contributed by atoms with Crippen LogP contribution in [-0.2, 0) is 20.7 Å². The number of amides is 1. The van der Waals surface area contributed by atoms with Crippen molar-refractivity contribution in [3.05, 3.63) is 65.2 Å². The first kappa shape index (κ1) is 25.3. The van der Waals surface area contributed by atoms with Crippen LogP contribution in [-0.4, -0.2) is 39.8 Å². The third-order valence-electron chi connectivity index (χ3n) is 4.82. The number of anilines is 1. The molecule has 2 aromatic carbocycles. The van der Waals surface area contributed by atoms with Crippen molar-refractivity contribution in [1.29, 1.82) is 0 Å². The SMILES string of the molecule is CC(N[C@H](Cc1ccc(-c2cccc(Cl)c2)cc1)C(=O)Nc1cc(O)no1)C(=O)OC(C)(C)C. The number of aromatic nitrogens is 1. The van der Waals surface area contributed by atoms with E-state index in [4.69, 9.17) is 20.9 Å². The van der Waals surface area contributed by atoms with E-state index in [0.29, 0.717) is 5.02 Å². The van der Waals surface area contributed by atoms with Gasteiger partial charge in [0.2, 0.25) is 11.8 Å². The summed E-state index contributed by atoms with van der Waals surface area (Å²) in [6, 6.07) is 14.9. The average molecular weight is 486 g/mol. The van der Waals surface area contributed by atoms with Gasteiger partial charge in [-0.3, -0.25) is 20.2 Å². The van der Waals surface area contributed by atoms with E-state index in [0.717, 1.165) is 16.7 Å². The Morgan fingerprint density at radius 3 is 2.41 bits per heavy atom. The Kier molecular flexibility index (Phi) is 7.96. The summed E-state index contributed by atoms with van der Waals surface area (Å²) >= 11 is 6.09. The van der Waals surface area contributed by atoms with Crippen molar-refractivity contribution in [1.82, 2.24) is 10.5 Å². The predicted octanol–water partition coefficient (Wildman–Crippen LogP) is 4.57. The van der Waals surface area contributed by atoms with Crippen LogP contribution in [0.4, 0.5) is 5.88 Å². The maximum Gasteiger partial charge on any atom is 0.323 e. The Labute approximate surface area is 203 Å². The molecule has 0 saturated carbocycles. The van der Waals surface area contributed by atoms with E-state index in [-0.39, 0.29) is 18.2 Å². The lowest BCUT2D eigenvalue weighted by Gasteiger charge is -2.25. The normalized spacial score (nSPS) is 13.2. The van der Waals surface area contributed by atoms with Crippen LogP contribution in [0, 0.1) is 0 Å². The lowest BCUT2D eigenvalue weighted by molar-refractivity contribution is -0.157.